The fraction of sp³-hybridized carbons (Fsp3) is 0. The van der Waals surface area contributed by atoms with Gasteiger partial charge in [0.05, 0.1) is 0 Å². The fourth-order valence-electron chi connectivity index (χ4n) is 0.707. The maximum atomic E-state index is 8.92. The number of benzene rings is 1. The van der Waals surface area contributed by atoms with Crippen LogP contribution in [0.15, 0.2) is 24.3 Å². The number of rotatable bonds is 2. The number of phenolic OH excluding ortho intramolecular Hbond substituents is 1. The van der Waals surface area contributed by atoms with E-state index in [4.69, 9.17) is 10.1 Å². The van der Waals surface area contributed by atoms with Gasteiger partial charge in [-0.2, -0.15) is 0 Å². The lowest BCUT2D eigenvalue weighted by Gasteiger charge is -1.99. The molecular formula is C6H8BNO2. The van der Waals surface area contributed by atoms with Crippen molar-refractivity contribution in [2.75, 3.05) is 5.23 Å². The monoisotopic (exact) mass is 137 g/mol. The van der Waals surface area contributed by atoms with Gasteiger partial charge in [0.1, 0.15) is 5.75 Å². The third-order valence-corrected chi connectivity index (χ3v) is 1.13. The highest BCUT2D eigenvalue weighted by atomic mass is 16.3. The maximum Gasteiger partial charge on any atom is 0.391 e. The predicted octanol–water partition coefficient (Wildman–Crippen LogP) is 0.0629. The Morgan fingerprint density at radius 1 is 1.40 bits per heavy atom. The summed E-state index contributed by atoms with van der Waals surface area (Å²) in [5, 5.41) is 20.0. The molecule has 0 fully saturated rings. The van der Waals surface area contributed by atoms with E-state index in [9.17, 15) is 0 Å². The summed E-state index contributed by atoms with van der Waals surface area (Å²) in [4.78, 5) is 0. The Bertz CT molecular complexity index is 217. The van der Waals surface area contributed by atoms with E-state index in [1.54, 1.807) is 18.2 Å². The molecule has 4 heteroatoms. The van der Waals surface area contributed by atoms with Gasteiger partial charge in [-0.15, -0.1) is 0 Å². The lowest BCUT2D eigenvalue weighted by Crippen LogP contribution is -2.03. The molecule has 0 bridgehead atoms. The number of hydrogen-bond donors (Lipinski definition) is 3. The van der Waals surface area contributed by atoms with Crippen molar-refractivity contribution in [2.24, 2.45) is 0 Å². The average molecular weight is 137 g/mol. The Morgan fingerprint density at radius 3 is 2.80 bits per heavy atom. The molecule has 0 saturated heterocycles. The van der Waals surface area contributed by atoms with Gasteiger partial charge in [-0.1, -0.05) is 6.07 Å². The van der Waals surface area contributed by atoms with Gasteiger partial charge in [0.25, 0.3) is 0 Å². The van der Waals surface area contributed by atoms with E-state index in [1.165, 1.54) is 6.07 Å². The van der Waals surface area contributed by atoms with Crippen molar-refractivity contribution in [3.05, 3.63) is 24.3 Å². The van der Waals surface area contributed by atoms with E-state index in [0.29, 0.717) is 5.69 Å². The molecule has 0 heterocycles. The third kappa shape index (κ3) is 1.67. The van der Waals surface area contributed by atoms with Crippen LogP contribution in [-0.2, 0) is 0 Å². The summed E-state index contributed by atoms with van der Waals surface area (Å²) in [6.07, 6.45) is 0. The minimum absolute atomic E-state index is 0.122. The molecule has 0 atom stereocenters. The first kappa shape index (κ1) is 6.96. The second-order valence-corrected chi connectivity index (χ2v) is 1.89. The van der Waals surface area contributed by atoms with E-state index >= 15 is 0 Å². The molecule has 3 N–H and O–H groups in total. The molecule has 0 saturated carbocycles. The van der Waals surface area contributed by atoms with Gasteiger partial charge < -0.3 is 15.4 Å². The zero-order valence-electron chi connectivity index (χ0n) is 5.41. The summed E-state index contributed by atoms with van der Waals surface area (Å²) < 4.78 is 0. The minimum Gasteiger partial charge on any atom is -0.508 e. The van der Waals surface area contributed by atoms with E-state index in [-0.39, 0.29) is 13.4 Å². The molecule has 3 nitrogen and oxygen atoms in total. The predicted molar refractivity (Wildman–Crippen MR) is 41.1 cm³/mol. The zero-order chi connectivity index (χ0) is 7.40. The van der Waals surface area contributed by atoms with Crippen LogP contribution in [0.25, 0.3) is 0 Å². The Kier molecular flexibility index (Phi) is 2.17. The lowest BCUT2D eigenvalue weighted by molar-refractivity contribution is 0.475. The van der Waals surface area contributed by atoms with Gasteiger partial charge >= 0.3 is 7.62 Å². The van der Waals surface area contributed by atoms with Gasteiger partial charge in [-0.05, 0) is 12.1 Å². The van der Waals surface area contributed by atoms with E-state index < -0.39 is 0 Å². The zero-order valence-corrected chi connectivity index (χ0v) is 5.41. The fourth-order valence-corrected chi connectivity index (χ4v) is 0.707. The highest BCUT2D eigenvalue weighted by Gasteiger charge is 1.90. The van der Waals surface area contributed by atoms with Crippen LogP contribution in [0.2, 0.25) is 0 Å². The highest BCUT2D eigenvalue weighted by Crippen LogP contribution is 2.14. The summed E-state index contributed by atoms with van der Waals surface area (Å²) in [5.74, 6) is 0.193. The van der Waals surface area contributed by atoms with Crippen LogP contribution < -0.4 is 5.23 Å². The number of phenols is 1. The molecular weight excluding hydrogens is 129 g/mol. The molecule has 1 rings (SSSR count). The molecule has 0 unspecified atom stereocenters. The Balaban J connectivity index is 2.75. The maximum absolute atomic E-state index is 8.92. The molecule has 0 aliphatic heterocycles. The number of aromatic hydroxyl groups is 1. The average Bonchev–Trinajstić information content (AvgIpc) is 1.88. The van der Waals surface area contributed by atoms with Crippen LogP contribution in [0, 0.1) is 0 Å². The quantitative estimate of drug-likeness (QED) is 0.505. The van der Waals surface area contributed by atoms with Crippen molar-refractivity contribution < 1.29 is 10.1 Å². The van der Waals surface area contributed by atoms with Crippen LogP contribution in [0.5, 0.6) is 5.75 Å². The van der Waals surface area contributed by atoms with Crippen LogP contribution in [0.4, 0.5) is 5.69 Å². The molecule has 0 aliphatic rings. The number of nitrogens with one attached hydrogen (secondary N) is 1. The molecule has 0 aromatic heterocycles. The number of hydrogen-bond acceptors (Lipinski definition) is 3. The van der Waals surface area contributed by atoms with Crippen molar-refractivity contribution in [3.63, 3.8) is 0 Å². The Labute approximate surface area is 59.6 Å². The van der Waals surface area contributed by atoms with Gasteiger partial charge in [0, 0.05) is 11.8 Å². The SMILES string of the molecule is OBNc1cccc(O)c1. The molecule has 0 aliphatic carbocycles. The van der Waals surface area contributed by atoms with Crippen molar-refractivity contribution in [1.29, 1.82) is 0 Å². The first-order valence-electron chi connectivity index (χ1n) is 2.96. The van der Waals surface area contributed by atoms with Crippen molar-refractivity contribution >= 4 is 13.3 Å². The van der Waals surface area contributed by atoms with Crippen LogP contribution in [-0.4, -0.2) is 17.7 Å². The van der Waals surface area contributed by atoms with Gasteiger partial charge in [-0.25, -0.2) is 0 Å². The Morgan fingerprint density at radius 2 is 2.20 bits per heavy atom. The van der Waals surface area contributed by atoms with Gasteiger partial charge in [0.2, 0.25) is 0 Å². The molecule has 0 amide bonds. The van der Waals surface area contributed by atoms with Crippen molar-refractivity contribution in [2.45, 2.75) is 0 Å². The molecule has 1 aromatic carbocycles. The smallest absolute Gasteiger partial charge is 0.391 e. The largest absolute Gasteiger partial charge is 0.508 e. The highest BCUT2D eigenvalue weighted by molar-refractivity contribution is 6.30. The lowest BCUT2D eigenvalue weighted by atomic mass is 10.2. The molecule has 10 heavy (non-hydrogen) atoms. The summed E-state index contributed by atoms with van der Waals surface area (Å²) >= 11 is 0. The summed E-state index contributed by atoms with van der Waals surface area (Å²) in [6.45, 7) is 0. The number of anilines is 1. The second kappa shape index (κ2) is 3.13. The van der Waals surface area contributed by atoms with Gasteiger partial charge in [-0.3, -0.25) is 0 Å². The van der Waals surface area contributed by atoms with Crippen LogP contribution in [0.3, 0.4) is 0 Å². The Hall–Kier alpha value is -1.16. The topological polar surface area (TPSA) is 52.5 Å². The van der Waals surface area contributed by atoms with Gasteiger partial charge in [0.15, 0.2) is 0 Å². The van der Waals surface area contributed by atoms with E-state index in [1.807, 2.05) is 0 Å². The third-order valence-electron chi connectivity index (χ3n) is 1.13. The minimum atomic E-state index is -0.122. The van der Waals surface area contributed by atoms with Crippen molar-refractivity contribution in [3.8, 4) is 5.75 Å². The van der Waals surface area contributed by atoms with E-state index in [0.717, 1.165) is 0 Å². The first-order valence-corrected chi connectivity index (χ1v) is 2.96. The first-order chi connectivity index (χ1) is 4.83. The molecule has 0 spiro atoms. The summed E-state index contributed by atoms with van der Waals surface area (Å²) in [5.41, 5.74) is 0.711. The molecule has 52 valence electrons. The molecule has 1 aromatic rings. The summed E-state index contributed by atoms with van der Waals surface area (Å²) in [6, 6.07) is 6.57. The van der Waals surface area contributed by atoms with Crippen molar-refractivity contribution in [1.82, 2.24) is 0 Å². The second-order valence-electron chi connectivity index (χ2n) is 1.89. The van der Waals surface area contributed by atoms with E-state index in [2.05, 4.69) is 5.23 Å². The molecule has 0 radical (unpaired) electrons. The van der Waals surface area contributed by atoms with Crippen LogP contribution in [0.1, 0.15) is 0 Å². The normalized spacial score (nSPS) is 8.90. The summed E-state index contributed by atoms with van der Waals surface area (Å²) in [7, 11) is -0.122. The standard InChI is InChI=1S/C6H8BNO2/c9-6-3-1-2-5(4-6)8-7-10/h1-4,7-10H. The van der Waals surface area contributed by atoms with Crippen LogP contribution >= 0.6 is 0 Å².